The molecule has 0 amide bonds. The lowest BCUT2D eigenvalue weighted by atomic mass is 10.3. The van der Waals surface area contributed by atoms with Gasteiger partial charge in [0.25, 0.3) is 0 Å². The smallest absolute Gasteiger partial charge is 0.189 e. The monoisotopic (exact) mass is 281 g/mol. The molecular formula is C13H11N7O. The second-order valence-electron chi connectivity index (χ2n) is 4.52. The van der Waals surface area contributed by atoms with Crippen LogP contribution in [0.4, 0.5) is 5.69 Å². The summed E-state index contributed by atoms with van der Waals surface area (Å²) in [7, 11) is 0. The normalized spacial score (nSPS) is 11.2. The Morgan fingerprint density at radius 2 is 2.19 bits per heavy atom. The summed E-state index contributed by atoms with van der Waals surface area (Å²) >= 11 is 0. The molecule has 0 saturated heterocycles. The molecule has 8 heteroatoms. The van der Waals surface area contributed by atoms with Gasteiger partial charge in [-0.2, -0.15) is 0 Å². The van der Waals surface area contributed by atoms with E-state index in [1.807, 2.05) is 12.1 Å². The number of fused-ring (bicyclic) bond motifs is 3. The Kier molecular flexibility index (Phi) is 2.46. The van der Waals surface area contributed by atoms with E-state index in [-0.39, 0.29) is 6.61 Å². The molecule has 0 aliphatic carbocycles. The molecule has 0 radical (unpaired) electrons. The second kappa shape index (κ2) is 4.44. The number of nitrogens with zero attached hydrogens (tertiary/aromatic N) is 5. The highest BCUT2D eigenvalue weighted by atomic mass is 16.5. The van der Waals surface area contributed by atoms with Crippen LogP contribution in [0.5, 0.6) is 5.75 Å². The van der Waals surface area contributed by atoms with Gasteiger partial charge in [0.05, 0.1) is 6.33 Å². The number of nitrogens with two attached hydrogens (primary N) is 1. The fraction of sp³-hybridized carbons (Fsp3) is 0.0769. The van der Waals surface area contributed by atoms with Crippen molar-refractivity contribution in [2.45, 2.75) is 6.61 Å². The maximum Gasteiger partial charge on any atom is 0.189 e. The first-order chi connectivity index (χ1) is 10.3. The Morgan fingerprint density at radius 3 is 3.10 bits per heavy atom. The number of anilines is 1. The van der Waals surface area contributed by atoms with Crippen LogP contribution in [0.2, 0.25) is 0 Å². The van der Waals surface area contributed by atoms with Crippen LogP contribution in [0, 0.1) is 0 Å². The van der Waals surface area contributed by atoms with Crippen LogP contribution < -0.4 is 10.5 Å². The van der Waals surface area contributed by atoms with Gasteiger partial charge in [-0.1, -0.05) is 6.07 Å². The Morgan fingerprint density at radius 1 is 1.24 bits per heavy atom. The summed E-state index contributed by atoms with van der Waals surface area (Å²) in [5.74, 6) is 1.33. The van der Waals surface area contributed by atoms with Gasteiger partial charge in [-0.05, 0) is 12.1 Å². The van der Waals surface area contributed by atoms with E-state index in [0.29, 0.717) is 28.6 Å². The lowest BCUT2D eigenvalue weighted by Crippen LogP contribution is -2.02. The number of imidazole rings is 1. The van der Waals surface area contributed by atoms with Crippen LogP contribution in [-0.2, 0) is 6.61 Å². The van der Waals surface area contributed by atoms with Gasteiger partial charge >= 0.3 is 0 Å². The Labute approximate surface area is 118 Å². The number of ether oxygens (including phenoxy) is 1. The molecule has 8 nitrogen and oxygen atoms in total. The first-order valence-corrected chi connectivity index (χ1v) is 6.31. The number of hydrogen-bond donors (Lipinski definition) is 2. The van der Waals surface area contributed by atoms with E-state index in [2.05, 4.69) is 25.1 Å². The molecule has 0 atom stereocenters. The molecule has 104 valence electrons. The fourth-order valence-corrected chi connectivity index (χ4v) is 2.13. The molecule has 3 heterocycles. The van der Waals surface area contributed by atoms with Crippen molar-refractivity contribution in [1.82, 2.24) is 29.5 Å². The molecule has 4 rings (SSSR count). The quantitative estimate of drug-likeness (QED) is 0.546. The molecular weight excluding hydrogens is 270 g/mol. The van der Waals surface area contributed by atoms with Crippen LogP contribution in [0.3, 0.4) is 0 Å². The number of H-pyrrole nitrogens is 1. The summed E-state index contributed by atoms with van der Waals surface area (Å²) in [6, 6.07) is 7.24. The van der Waals surface area contributed by atoms with Crippen molar-refractivity contribution in [2.75, 3.05) is 5.73 Å². The minimum atomic E-state index is 0.270. The third-order valence-electron chi connectivity index (χ3n) is 3.13. The summed E-state index contributed by atoms with van der Waals surface area (Å²) in [4.78, 5) is 11.3. The predicted octanol–water partition coefficient (Wildman–Crippen LogP) is 1.16. The molecule has 0 aliphatic rings. The van der Waals surface area contributed by atoms with Crippen molar-refractivity contribution in [3.8, 4) is 5.75 Å². The van der Waals surface area contributed by atoms with E-state index in [9.17, 15) is 0 Å². The average molecular weight is 281 g/mol. The van der Waals surface area contributed by atoms with Gasteiger partial charge in [-0.3, -0.25) is 4.40 Å². The maximum absolute atomic E-state index is 5.71. The van der Waals surface area contributed by atoms with Gasteiger partial charge in [0, 0.05) is 11.8 Å². The number of rotatable bonds is 3. The lowest BCUT2D eigenvalue weighted by Gasteiger charge is -2.05. The molecule has 0 spiro atoms. The molecule has 3 aromatic heterocycles. The number of aromatic amines is 1. The number of hydrogen-bond acceptors (Lipinski definition) is 6. The zero-order valence-corrected chi connectivity index (χ0v) is 10.9. The Balaban J connectivity index is 1.67. The zero-order chi connectivity index (χ0) is 14.2. The number of nitrogens with one attached hydrogen (secondary N) is 1. The van der Waals surface area contributed by atoms with Crippen molar-refractivity contribution < 1.29 is 4.74 Å². The second-order valence-corrected chi connectivity index (χ2v) is 4.52. The summed E-state index contributed by atoms with van der Waals surface area (Å²) in [6.45, 7) is 0.270. The lowest BCUT2D eigenvalue weighted by molar-refractivity contribution is 0.294. The van der Waals surface area contributed by atoms with Gasteiger partial charge in [-0.15, -0.1) is 10.2 Å². The van der Waals surface area contributed by atoms with E-state index in [4.69, 9.17) is 10.5 Å². The van der Waals surface area contributed by atoms with Crippen molar-refractivity contribution in [3.63, 3.8) is 0 Å². The standard InChI is InChI=1S/C13H11N7O/c14-8-2-1-3-9(4-8)21-5-10-18-19-13-11-12(16-6-15-11)17-7-20(10)13/h1-4,6-7H,5,14H2,(H,15,16). The summed E-state index contributed by atoms with van der Waals surface area (Å²) in [6.07, 6.45) is 3.21. The van der Waals surface area contributed by atoms with Crippen LogP contribution in [0.1, 0.15) is 5.82 Å². The van der Waals surface area contributed by atoms with Crippen molar-refractivity contribution in [1.29, 1.82) is 0 Å². The Bertz CT molecular complexity index is 926. The van der Waals surface area contributed by atoms with E-state index < -0.39 is 0 Å². The highest BCUT2D eigenvalue weighted by molar-refractivity contribution is 5.84. The maximum atomic E-state index is 5.71. The molecule has 21 heavy (non-hydrogen) atoms. The molecule has 3 N–H and O–H groups in total. The molecule has 0 saturated carbocycles. The van der Waals surface area contributed by atoms with Crippen molar-refractivity contribution in [2.24, 2.45) is 0 Å². The average Bonchev–Trinajstić information content (AvgIpc) is 3.11. The first kappa shape index (κ1) is 11.6. The van der Waals surface area contributed by atoms with Crippen LogP contribution >= 0.6 is 0 Å². The molecule has 0 aliphatic heterocycles. The van der Waals surface area contributed by atoms with Crippen LogP contribution in [-0.4, -0.2) is 29.5 Å². The van der Waals surface area contributed by atoms with Gasteiger partial charge in [-0.25, -0.2) is 9.97 Å². The van der Waals surface area contributed by atoms with E-state index in [1.54, 1.807) is 29.2 Å². The van der Waals surface area contributed by atoms with Crippen LogP contribution in [0.15, 0.2) is 36.9 Å². The predicted molar refractivity (Wildman–Crippen MR) is 75.6 cm³/mol. The number of nitrogen functional groups attached to an aromatic ring is 1. The van der Waals surface area contributed by atoms with E-state index >= 15 is 0 Å². The highest BCUT2D eigenvalue weighted by Crippen LogP contribution is 2.17. The summed E-state index contributed by atoms with van der Waals surface area (Å²) in [5.41, 5.74) is 8.40. The summed E-state index contributed by atoms with van der Waals surface area (Å²) < 4.78 is 7.45. The molecule has 4 aromatic rings. The third-order valence-corrected chi connectivity index (χ3v) is 3.13. The topological polar surface area (TPSA) is 107 Å². The van der Waals surface area contributed by atoms with Crippen molar-refractivity contribution in [3.05, 3.63) is 42.7 Å². The minimum absolute atomic E-state index is 0.270. The Hall–Kier alpha value is -3.16. The van der Waals surface area contributed by atoms with Gasteiger partial charge in [0.15, 0.2) is 17.1 Å². The molecule has 0 fully saturated rings. The molecule has 0 unspecified atom stereocenters. The highest BCUT2D eigenvalue weighted by Gasteiger charge is 2.11. The van der Waals surface area contributed by atoms with Gasteiger partial charge in [0.2, 0.25) is 0 Å². The molecule has 0 bridgehead atoms. The summed E-state index contributed by atoms with van der Waals surface area (Å²) in [5, 5.41) is 8.28. The molecule has 1 aromatic carbocycles. The first-order valence-electron chi connectivity index (χ1n) is 6.31. The van der Waals surface area contributed by atoms with Crippen molar-refractivity contribution >= 4 is 22.5 Å². The number of benzene rings is 1. The fourth-order valence-electron chi connectivity index (χ4n) is 2.13. The van der Waals surface area contributed by atoms with E-state index in [1.165, 1.54) is 0 Å². The zero-order valence-electron chi connectivity index (χ0n) is 10.9. The third kappa shape index (κ3) is 1.93. The van der Waals surface area contributed by atoms with Gasteiger partial charge < -0.3 is 15.5 Å². The van der Waals surface area contributed by atoms with Gasteiger partial charge in [0.1, 0.15) is 24.2 Å². The van der Waals surface area contributed by atoms with Crippen LogP contribution in [0.25, 0.3) is 16.8 Å². The SMILES string of the molecule is Nc1cccc(OCc2nnc3c4[nH]cnc4ncn23)c1. The number of aromatic nitrogens is 6. The minimum Gasteiger partial charge on any atom is -0.486 e. The largest absolute Gasteiger partial charge is 0.486 e. The van der Waals surface area contributed by atoms with E-state index in [0.717, 1.165) is 5.52 Å².